The minimum absolute atomic E-state index is 0.452. The molecule has 94 valence electrons. The van der Waals surface area contributed by atoms with Crippen LogP contribution in [0, 0.1) is 11.8 Å². The normalized spacial score (nSPS) is 35.8. The lowest BCUT2D eigenvalue weighted by molar-refractivity contribution is 0.245. The van der Waals surface area contributed by atoms with Gasteiger partial charge in [0, 0.05) is 25.2 Å². The molecule has 0 amide bonds. The van der Waals surface area contributed by atoms with E-state index >= 15 is 0 Å². The van der Waals surface area contributed by atoms with Crippen LogP contribution in [0.2, 0.25) is 0 Å². The molecule has 17 heavy (non-hydrogen) atoms. The van der Waals surface area contributed by atoms with E-state index in [2.05, 4.69) is 28.7 Å². The van der Waals surface area contributed by atoms with Gasteiger partial charge in [-0.1, -0.05) is 6.42 Å². The maximum atomic E-state index is 6.28. The van der Waals surface area contributed by atoms with Crippen LogP contribution in [0.15, 0.2) is 16.8 Å². The van der Waals surface area contributed by atoms with E-state index in [0.717, 1.165) is 11.8 Å². The fourth-order valence-electron chi connectivity index (χ4n) is 3.59. The lowest BCUT2D eigenvalue weighted by atomic mass is 9.78. The van der Waals surface area contributed by atoms with Gasteiger partial charge in [-0.15, -0.1) is 0 Å². The van der Waals surface area contributed by atoms with Gasteiger partial charge >= 0.3 is 0 Å². The number of thiophene rings is 1. The van der Waals surface area contributed by atoms with Crippen molar-refractivity contribution in [2.75, 3.05) is 13.1 Å². The second-order valence-corrected chi connectivity index (χ2v) is 6.49. The van der Waals surface area contributed by atoms with Crippen LogP contribution >= 0.6 is 11.3 Å². The zero-order valence-corrected chi connectivity index (χ0v) is 11.3. The molecular formula is C14H22N2S. The van der Waals surface area contributed by atoms with Gasteiger partial charge in [0.05, 0.1) is 0 Å². The Kier molecular flexibility index (Phi) is 3.24. The zero-order chi connectivity index (χ0) is 11.8. The molecule has 1 saturated carbocycles. The van der Waals surface area contributed by atoms with Crippen molar-refractivity contribution in [1.29, 1.82) is 0 Å². The summed E-state index contributed by atoms with van der Waals surface area (Å²) in [5, 5.41) is 4.47. The first-order valence-corrected chi connectivity index (χ1v) is 7.71. The van der Waals surface area contributed by atoms with Gasteiger partial charge in [-0.25, -0.2) is 0 Å². The maximum Gasteiger partial charge on any atom is 0.0328 e. The molecule has 3 rings (SSSR count). The minimum atomic E-state index is 0.452. The van der Waals surface area contributed by atoms with E-state index in [1.54, 1.807) is 11.3 Å². The van der Waals surface area contributed by atoms with Crippen LogP contribution in [0.4, 0.5) is 0 Å². The Labute approximate surface area is 108 Å². The molecule has 2 fully saturated rings. The average molecular weight is 250 g/mol. The highest BCUT2D eigenvalue weighted by Crippen LogP contribution is 2.39. The molecular weight excluding hydrogens is 228 g/mol. The van der Waals surface area contributed by atoms with Crippen molar-refractivity contribution < 1.29 is 0 Å². The molecule has 2 N–H and O–H groups in total. The smallest absolute Gasteiger partial charge is 0.0328 e. The van der Waals surface area contributed by atoms with Gasteiger partial charge < -0.3 is 5.73 Å². The first-order chi connectivity index (χ1) is 8.25. The molecule has 2 heterocycles. The Hall–Kier alpha value is -0.380. The van der Waals surface area contributed by atoms with Crippen molar-refractivity contribution in [1.82, 2.24) is 4.90 Å². The fraction of sp³-hybridized carbons (Fsp3) is 0.714. The van der Waals surface area contributed by atoms with Crippen LogP contribution in [0.1, 0.15) is 37.8 Å². The average Bonchev–Trinajstić information content (AvgIpc) is 2.98. The predicted molar refractivity (Wildman–Crippen MR) is 73.1 cm³/mol. The second-order valence-electron chi connectivity index (χ2n) is 5.71. The lowest BCUT2D eigenvalue weighted by Gasteiger charge is -2.30. The zero-order valence-electron chi connectivity index (χ0n) is 10.5. The van der Waals surface area contributed by atoms with Gasteiger partial charge in [-0.2, -0.15) is 11.3 Å². The largest absolute Gasteiger partial charge is 0.327 e. The number of fused-ring (bicyclic) bond motifs is 1. The van der Waals surface area contributed by atoms with Gasteiger partial charge in [0.1, 0.15) is 0 Å². The molecule has 3 heteroatoms. The minimum Gasteiger partial charge on any atom is -0.327 e. The van der Waals surface area contributed by atoms with E-state index in [-0.39, 0.29) is 0 Å². The van der Waals surface area contributed by atoms with Crippen molar-refractivity contribution in [2.45, 2.75) is 38.3 Å². The molecule has 1 aliphatic carbocycles. The maximum absolute atomic E-state index is 6.28. The van der Waals surface area contributed by atoms with E-state index in [9.17, 15) is 0 Å². The van der Waals surface area contributed by atoms with E-state index in [1.165, 1.54) is 37.9 Å². The quantitative estimate of drug-likeness (QED) is 0.874. The van der Waals surface area contributed by atoms with Crippen molar-refractivity contribution in [3.63, 3.8) is 0 Å². The van der Waals surface area contributed by atoms with E-state index in [0.29, 0.717) is 12.1 Å². The number of rotatable bonds is 2. The summed E-state index contributed by atoms with van der Waals surface area (Å²) in [6.07, 6.45) is 3.97. The Morgan fingerprint density at radius 1 is 1.41 bits per heavy atom. The van der Waals surface area contributed by atoms with Gasteiger partial charge in [0.25, 0.3) is 0 Å². The second kappa shape index (κ2) is 4.71. The van der Waals surface area contributed by atoms with Crippen LogP contribution in [0.25, 0.3) is 0 Å². The van der Waals surface area contributed by atoms with Gasteiger partial charge in [-0.05, 0) is 54.0 Å². The van der Waals surface area contributed by atoms with E-state index in [1.807, 2.05) is 0 Å². The molecule has 0 bridgehead atoms. The molecule has 0 radical (unpaired) electrons. The highest BCUT2D eigenvalue weighted by molar-refractivity contribution is 7.07. The van der Waals surface area contributed by atoms with Crippen LogP contribution in [-0.2, 0) is 0 Å². The molecule has 0 aromatic carbocycles. The third-order valence-electron chi connectivity index (χ3n) is 4.76. The van der Waals surface area contributed by atoms with Gasteiger partial charge in [0.2, 0.25) is 0 Å². The molecule has 4 atom stereocenters. The highest BCUT2D eigenvalue weighted by Gasteiger charge is 2.40. The molecule has 4 unspecified atom stereocenters. The van der Waals surface area contributed by atoms with Crippen molar-refractivity contribution in [2.24, 2.45) is 17.6 Å². The SMILES string of the molecule is CC(c1ccsc1)N1CC2CCCC(N)C2C1. The van der Waals surface area contributed by atoms with Crippen molar-refractivity contribution in [3.05, 3.63) is 22.4 Å². The van der Waals surface area contributed by atoms with Crippen LogP contribution < -0.4 is 5.73 Å². The predicted octanol–water partition coefficient (Wildman–Crippen LogP) is 2.87. The summed E-state index contributed by atoms with van der Waals surface area (Å²) in [5.41, 5.74) is 7.75. The third kappa shape index (κ3) is 2.16. The molecule has 2 nitrogen and oxygen atoms in total. The van der Waals surface area contributed by atoms with Gasteiger partial charge in [-0.3, -0.25) is 4.90 Å². The molecule has 1 saturated heterocycles. The summed E-state index contributed by atoms with van der Waals surface area (Å²) in [4.78, 5) is 2.64. The Balaban J connectivity index is 1.70. The molecule has 1 aromatic rings. The fourth-order valence-corrected chi connectivity index (χ4v) is 4.34. The summed E-state index contributed by atoms with van der Waals surface area (Å²) < 4.78 is 0. The summed E-state index contributed by atoms with van der Waals surface area (Å²) in [7, 11) is 0. The Morgan fingerprint density at radius 2 is 2.29 bits per heavy atom. The van der Waals surface area contributed by atoms with Crippen LogP contribution in [0.5, 0.6) is 0 Å². The molecule has 1 aliphatic heterocycles. The molecule has 2 aliphatic rings. The number of hydrogen-bond acceptors (Lipinski definition) is 3. The molecule has 1 aromatic heterocycles. The van der Waals surface area contributed by atoms with Crippen molar-refractivity contribution >= 4 is 11.3 Å². The first kappa shape index (κ1) is 11.7. The topological polar surface area (TPSA) is 29.3 Å². The summed E-state index contributed by atoms with van der Waals surface area (Å²) >= 11 is 1.80. The number of nitrogens with two attached hydrogens (primary N) is 1. The Bertz CT molecular complexity index is 362. The van der Waals surface area contributed by atoms with Crippen LogP contribution in [0.3, 0.4) is 0 Å². The third-order valence-corrected chi connectivity index (χ3v) is 5.46. The van der Waals surface area contributed by atoms with E-state index in [4.69, 9.17) is 5.73 Å². The summed E-state index contributed by atoms with van der Waals surface area (Å²) in [5.74, 6) is 1.62. The first-order valence-electron chi connectivity index (χ1n) is 6.77. The van der Waals surface area contributed by atoms with Crippen LogP contribution in [-0.4, -0.2) is 24.0 Å². The van der Waals surface area contributed by atoms with Gasteiger partial charge in [0.15, 0.2) is 0 Å². The molecule has 0 spiro atoms. The van der Waals surface area contributed by atoms with E-state index < -0.39 is 0 Å². The standard InChI is InChI=1S/C14H22N2S/c1-10(12-5-6-17-9-12)16-7-11-3-2-4-14(15)13(11)8-16/h5-6,9-11,13-14H,2-4,7-8,15H2,1H3. The van der Waals surface area contributed by atoms with Crippen molar-refractivity contribution in [3.8, 4) is 0 Å². The number of nitrogens with zero attached hydrogens (tertiary/aromatic N) is 1. The number of likely N-dealkylation sites (tertiary alicyclic amines) is 1. The number of hydrogen-bond donors (Lipinski definition) is 1. The summed E-state index contributed by atoms with van der Waals surface area (Å²) in [6, 6.07) is 3.28. The Morgan fingerprint density at radius 3 is 3.00 bits per heavy atom. The lowest BCUT2D eigenvalue weighted by Crippen LogP contribution is -2.38. The highest BCUT2D eigenvalue weighted by atomic mass is 32.1. The summed E-state index contributed by atoms with van der Waals surface area (Å²) in [6.45, 7) is 4.81. The monoisotopic (exact) mass is 250 g/mol.